The van der Waals surface area contributed by atoms with E-state index in [0.29, 0.717) is 5.70 Å². The molecule has 0 spiro atoms. The van der Waals surface area contributed by atoms with E-state index in [0.717, 1.165) is 16.8 Å². The second-order valence-electron chi connectivity index (χ2n) is 4.36. The lowest BCUT2D eigenvalue weighted by Crippen LogP contribution is -2.09. The lowest BCUT2D eigenvalue weighted by Gasteiger charge is -2.08. The van der Waals surface area contributed by atoms with Gasteiger partial charge in [-0.3, -0.25) is 0 Å². The van der Waals surface area contributed by atoms with Crippen molar-refractivity contribution in [1.82, 2.24) is 0 Å². The molecule has 21 heavy (non-hydrogen) atoms. The average Bonchev–Trinajstić information content (AvgIpc) is 2.57. The number of rotatable bonds is 4. The highest BCUT2D eigenvalue weighted by Crippen LogP contribution is 2.14. The van der Waals surface area contributed by atoms with Gasteiger partial charge < -0.3 is 4.74 Å². The van der Waals surface area contributed by atoms with Gasteiger partial charge in [0.05, 0.1) is 12.8 Å². The second kappa shape index (κ2) is 7.20. The van der Waals surface area contributed by atoms with E-state index in [2.05, 4.69) is 4.99 Å². The topological polar surface area (TPSA) is 38.7 Å². The van der Waals surface area contributed by atoms with Gasteiger partial charge >= 0.3 is 5.97 Å². The molecule has 106 valence electrons. The quantitative estimate of drug-likeness (QED) is 0.487. The minimum absolute atomic E-state index is 0.292. The number of nitrogens with zero attached hydrogens (tertiary/aromatic N) is 1. The number of ether oxygens (including phenoxy) is 1. The number of carbonyl (C=O) groups is 1. The maximum atomic E-state index is 11.7. The van der Waals surface area contributed by atoms with Crippen LogP contribution in [-0.2, 0) is 9.53 Å². The van der Waals surface area contributed by atoms with Gasteiger partial charge in [0.2, 0.25) is 0 Å². The van der Waals surface area contributed by atoms with Crippen molar-refractivity contribution in [3.63, 3.8) is 0 Å². The molecule has 2 aromatic rings. The molecule has 0 amide bonds. The fraction of sp³-hybridized carbons (Fsp3) is 0.111. The number of hydrogen-bond donors (Lipinski definition) is 0. The third kappa shape index (κ3) is 3.66. The summed E-state index contributed by atoms with van der Waals surface area (Å²) in [6.45, 7) is 1.77. The molecule has 0 N–H and O–H groups in total. The first kappa shape index (κ1) is 14.7. The molecule has 0 aliphatic heterocycles. The summed E-state index contributed by atoms with van der Waals surface area (Å²) in [4.78, 5) is 16.3. The maximum absolute atomic E-state index is 11.7. The molecule has 0 unspecified atom stereocenters. The Morgan fingerprint density at radius 3 is 1.81 bits per heavy atom. The minimum atomic E-state index is -0.443. The predicted octanol–water partition coefficient (Wildman–Crippen LogP) is 3.60. The van der Waals surface area contributed by atoms with Crippen molar-refractivity contribution in [1.29, 1.82) is 0 Å². The SMILES string of the molecule is C/C=C(\N=C(c1ccccc1)c1ccccc1)C(=O)OC. The van der Waals surface area contributed by atoms with E-state index in [1.54, 1.807) is 13.0 Å². The van der Waals surface area contributed by atoms with Gasteiger partial charge in [0.15, 0.2) is 0 Å². The van der Waals surface area contributed by atoms with Crippen molar-refractivity contribution < 1.29 is 9.53 Å². The van der Waals surface area contributed by atoms with E-state index in [1.165, 1.54) is 7.11 Å². The monoisotopic (exact) mass is 279 g/mol. The number of aliphatic imine (C=N–C) groups is 1. The summed E-state index contributed by atoms with van der Waals surface area (Å²) in [5.41, 5.74) is 2.94. The summed E-state index contributed by atoms with van der Waals surface area (Å²) in [6, 6.07) is 19.6. The zero-order valence-corrected chi connectivity index (χ0v) is 12.1. The highest BCUT2D eigenvalue weighted by Gasteiger charge is 2.12. The molecule has 0 heterocycles. The van der Waals surface area contributed by atoms with E-state index < -0.39 is 5.97 Å². The Morgan fingerprint density at radius 2 is 1.43 bits per heavy atom. The number of esters is 1. The minimum Gasteiger partial charge on any atom is -0.464 e. The number of hydrogen-bond acceptors (Lipinski definition) is 3. The third-order valence-corrected chi connectivity index (χ3v) is 2.99. The summed E-state index contributed by atoms with van der Waals surface area (Å²) < 4.78 is 4.76. The molecular weight excluding hydrogens is 262 g/mol. The Labute approximate surface area is 124 Å². The number of benzene rings is 2. The highest BCUT2D eigenvalue weighted by atomic mass is 16.5. The van der Waals surface area contributed by atoms with Gasteiger partial charge in [-0.1, -0.05) is 66.7 Å². The van der Waals surface area contributed by atoms with Crippen LogP contribution in [0.15, 0.2) is 77.4 Å². The molecular formula is C18H17NO2. The van der Waals surface area contributed by atoms with Crippen molar-refractivity contribution >= 4 is 11.7 Å². The molecule has 0 saturated heterocycles. The molecule has 0 aliphatic rings. The molecule has 3 heteroatoms. The smallest absolute Gasteiger partial charge is 0.356 e. The Hall–Kier alpha value is -2.68. The van der Waals surface area contributed by atoms with Crippen LogP contribution in [0.1, 0.15) is 18.1 Å². The molecule has 3 nitrogen and oxygen atoms in total. The van der Waals surface area contributed by atoms with E-state index in [-0.39, 0.29) is 0 Å². The van der Waals surface area contributed by atoms with Crippen LogP contribution in [0.4, 0.5) is 0 Å². The normalized spacial score (nSPS) is 10.9. The van der Waals surface area contributed by atoms with Crippen LogP contribution in [0, 0.1) is 0 Å². The Balaban J connectivity index is 2.54. The van der Waals surface area contributed by atoms with Crippen LogP contribution in [0.2, 0.25) is 0 Å². The molecule has 0 aliphatic carbocycles. The molecule has 0 bridgehead atoms. The fourth-order valence-electron chi connectivity index (χ4n) is 1.94. The molecule has 0 atom stereocenters. The van der Waals surface area contributed by atoms with Crippen LogP contribution in [0.5, 0.6) is 0 Å². The van der Waals surface area contributed by atoms with E-state index in [4.69, 9.17) is 4.74 Å². The van der Waals surface area contributed by atoms with Crippen LogP contribution < -0.4 is 0 Å². The molecule has 0 fully saturated rings. The number of methoxy groups -OCH3 is 1. The van der Waals surface area contributed by atoms with Gasteiger partial charge in [-0.2, -0.15) is 0 Å². The first-order valence-electron chi connectivity index (χ1n) is 6.70. The predicted molar refractivity (Wildman–Crippen MR) is 84.3 cm³/mol. The maximum Gasteiger partial charge on any atom is 0.356 e. The van der Waals surface area contributed by atoms with Crippen molar-refractivity contribution in [2.24, 2.45) is 4.99 Å². The van der Waals surface area contributed by atoms with Gasteiger partial charge in [0, 0.05) is 11.1 Å². The summed E-state index contributed by atoms with van der Waals surface area (Å²) in [7, 11) is 1.35. The van der Waals surface area contributed by atoms with Crippen LogP contribution in [-0.4, -0.2) is 18.8 Å². The van der Waals surface area contributed by atoms with Crippen LogP contribution in [0.25, 0.3) is 0 Å². The van der Waals surface area contributed by atoms with Crippen molar-refractivity contribution in [3.8, 4) is 0 Å². The molecule has 0 aromatic heterocycles. The van der Waals surface area contributed by atoms with E-state index >= 15 is 0 Å². The zero-order valence-electron chi connectivity index (χ0n) is 12.1. The lowest BCUT2D eigenvalue weighted by molar-refractivity contribution is -0.136. The second-order valence-corrected chi connectivity index (χ2v) is 4.36. The van der Waals surface area contributed by atoms with Crippen LogP contribution >= 0.6 is 0 Å². The first-order chi connectivity index (χ1) is 10.3. The fourth-order valence-corrected chi connectivity index (χ4v) is 1.94. The number of allylic oxidation sites excluding steroid dienone is 1. The first-order valence-corrected chi connectivity index (χ1v) is 6.70. The molecule has 0 saturated carbocycles. The van der Waals surface area contributed by atoms with Gasteiger partial charge in [-0.05, 0) is 6.92 Å². The standard InChI is InChI=1S/C18H17NO2/c1-3-16(18(20)21-2)19-17(14-10-6-4-7-11-14)15-12-8-5-9-13-15/h3-13H,1-2H3/b16-3-. The van der Waals surface area contributed by atoms with E-state index in [9.17, 15) is 4.79 Å². The summed E-state index contributed by atoms with van der Waals surface area (Å²) >= 11 is 0. The average molecular weight is 279 g/mol. The molecule has 2 aromatic carbocycles. The van der Waals surface area contributed by atoms with Crippen molar-refractivity contribution in [2.45, 2.75) is 6.92 Å². The van der Waals surface area contributed by atoms with Gasteiger partial charge in [-0.15, -0.1) is 0 Å². The Bertz CT molecular complexity index is 617. The largest absolute Gasteiger partial charge is 0.464 e. The Morgan fingerprint density at radius 1 is 0.952 bits per heavy atom. The van der Waals surface area contributed by atoms with Gasteiger partial charge in [-0.25, -0.2) is 9.79 Å². The summed E-state index contributed by atoms with van der Waals surface area (Å²) in [5.74, 6) is -0.443. The lowest BCUT2D eigenvalue weighted by atomic mass is 10.0. The summed E-state index contributed by atoms with van der Waals surface area (Å²) in [5, 5.41) is 0. The molecule has 2 rings (SSSR count). The van der Waals surface area contributed by atoms with E-state index in [1.807, 2.05) is 60.7 Å². The zero-order chi connectivity index (χ0) is 15.1. The van der Waals surface area contributed by atoms with Gasteiger partial charge in [0.1, 0.15) is 5.70 Å². The van der Waals surface area contributed by atoms with Crippen LogP contribution in [0.3, 0.4) is 0 Å². The number of carbonyl (C=O) groups excluding carboxylic acids is 1. The van der Waals surface area contributed by atoms with Crippen molar-refractivity contribution in [2.75, 3.05) is 7.11 Å². The third-order valence-electron chi connectivity index (χ3n) is 2.99. The highest BCUT2D eigenvalue weighted by molar-refractivity contribution is 6.14. The summed E-state index contributed by atoms with van der Waals surface area (Å²) in [6.07, 6.45) is 1.65. The van der Waals surface area contributed by atoms with Crippen molar-refractivity contribution in [3.05, 3.63) is 83.6 Å². The molecule has 0 radical (unpaired) electrons. The van der Waals surface area contributed by atoms with Gasteiger partial charge in [0.25, 0.3) is 0 Å². The Kier molecular flexibility index (Phi) is 5.04.